The fourth-order valence-electron chi connectivity index (χ4n) is 3.25. The lowest BCUT2D eigenvalue weighted by molar-refractivity contribution is -0.385. The van der Waals surface area contributed by atoms with Crippen LogP contribution in [-0.4, -0.2) is 47.3 Å². The summed E-state index contributed by atoms with van der Waals surface area (Å²) >= 11 is 0. The van der Waals surface area contributed by atoms with E-state index in [4.69, 9.17) is 0 Å². The molecule has 8 heteroatoms. The maximum atomic E-state index is 12.4. The Kier molecular flexibility index (Phi) is 6.33. The van der Waals surface area contributed by atoms with Gasteiger partial charge in [0.2, 0.25) is 5.91 Å². The third-order valence-corrected chi connectivity index (χ3v) is 4.69. The first-order valence-corrected chi connectivity index (χ1v) is 9.14. The number of hydrogen-bond donors (Lipinski definition) is 2. The molecule has 0 bridgehead atoms. The van der Waals surface area contributed by atoms with Crippen molar-refractivity contribution in [1.29, 1.82) is 0 Å². The van der Waals surface area contributed by atoms with Crippen molar-refractivity contribution in [2.24, 2.45) is 0 Å². The molecule has 0 saturated carbocycles. The fraction of sp³-hybridized carbons (Fsp3) is 0.300. The Morgan fingerprint density at radius 2 is 1.68 bits per heavy atom. The first-order chi connectivity index (χ1) is 13.5. The van der Waals surface area contributed by atoms with Gasteiger partial charge in [-0.1, -0.05) is 30.3 Å². The monoisotopic (exact) mass is 382 g/mol. The summed E-state index contributed by atoms with van der Waals surface area (Å²) in [7, 11) is 0. The zero-order valence-electron chi connectivity index (χ0n) is 15.3. The molecule has 1 saturated heterocycles. The predicted octanol–water partition coefficient (Wildman–Crippen LogP) is 2.43. The second-order valence-corrected chi connectivity index (χ2v) is 6.71. The van der Waals surface area contributed by atoms with Crippen molar-refractivity contribution in [3.63, 3.8) is 0 Å². The third kappa shape index (κ3) is 5.14. The van der Waals surface area contributed by atoms with Gasteiger partial charge in [-0.3, -0.25) is 24.6 Å². The van der Waals surface area contributed by atoms with Gasteiger partial charge in [0.05, 0.1) is 11.5 Å². The number of nitro groups is 1. The van der Waals surface area contributed by atoms with Gasteiger partial charge in [-0.05, 0) is 31.0 Å². The van der Waals surface area contributed by atoms with Crippen LogP contribution in [0.3, 0.4) is 0 Å². The first-order valence-electron chi connectivity index (χ1n) is 9.14. The summed E-state index contributed by atoms with van der Waals surface area (Å²) < 4.78 is 0. The molecule has 0 atom stereocenters. The number of piperidine rings is 1. The summed E-state index contributed by atoms with van der Waals surface area (Å²) in [5.74, 6) is -0.513. The van der Waals surface area contributed by atoms with Gasteiger partial charge >= 0.3 is 0 Å². The van der Waals surface area contributed by atoms with Gasteiger partial charge in [-0.2, -0.15) is 0 Å². The van der Waals surface area contributed by atoms with Gasteiger partial charge in [0.1, 0.15) is 5.56 Å². The lowest BCUT2D eigenvalue weighted by Crippen LogP contribution is -2.46. The summed E-state index contributed by atoms with van der Waals surface area (Å²) in [5, 5.41) is 16.8. The van der Waals surface area contributed by atoms with Gasteiger partial charge < -0.3 is 10.6 Å². The number of likely N-dealkylation sites (tertiary alicyclic amines) is 1. The Labute approximate surface area is 162 Å². The summed E-state index contributed by atoms with van der Waals surface area (Å²) in [5.41, 5.74) is 0.631. The molecule has 0 aromatic heterocycles. The van der Waals surface area contributed by atoms with Crippen LogP contribution in [0.1, 0.15) is 23.2 Å². The number of amides is 2. The van der Waals surface area contributed by atoms with Crippen LogP contribution in [0.2, 0.25) is 0 Å². The molecular weight excluding hydrogens is 360 g/mol. The van der Waals surface area contributed by atoms with E-state index in [2.05, 4.69) is 10.6 Å². The van der Waals surface area contributed by atoms with Crippen LogP contribution in [0.15, 0.2) is 54.6 Å². The van der Waals surface area contributed by atoms with Gasteiger partial charge in [0.25, 0.3) is 11.6 Å². The van der Waals surface area contributed by atoms with Crippen LogP contribution in [0, 0.1) is 10.1 Å². The highest BCUT2D eigenvalue weighted by atomic mass is 16.6. The van der Waals surface area contributed by atoms with Gasteiger partial charge in [0.15, 0.2) is 0 Å². The minimum atomic E-state index is -0.553. The molecule has 3 rings (SSSR count). The van der Waals surface area contributed by atoms with E-state index in [1.807, 2.05) is 35.2 Å². The molecule has 0 spiro atoms. The highest BCUT2D eigenvalue weighted by Gasteiger charge is 2.25. The molecule has 2 aromatic carbocycles. The number of nitro benzene ring substituents is 1. The molecule has 1 aliphatic heterocycles. The smallest absolute Gasteiger partial charge is 0.282 e. The van der Waals surface area contributed by atoms with E-state index in [1.165, 1.54) is 18.2 Å². The SMILES string of the molecule is O=C(CN1CCC(NC(=O)c2ccccc2[N+](=O)[O-])CC1)Nc1ccccc1. The van der Waals surface area contributed by atoms with Crippen molar-refractivity contribution < 1.29 is 14.5 Å². The fourth-order valence-corrected chi connectivity index (χ4v) is 3.25. The molecule has 2 N–H and O–H groups in total. The highest BCUT2D eigenvalue weighted by molar-refractivity contribution is 5.98. The number of carbonyl (C=O) groups excluding carboxylic acids is 2. The molecule has 146 valence electrons. The van der Waals surface area contributed by atoms with E-state index in [1.54, 1.807) is 6.07 Å². The van der Waals surface area contributed by atoms with E-state index in [9.17, 15) is 19.7 Å². The predicted molar refractivity (Wildman–Crippen MR) is 105 cm³/mol. The van der Waals surface area contributed by atoms with E-state index < -0.39 is 10.8 Å². The van der Waals surface area contributed by atoms with Crippen LogP contribution in [0.5, 0.6) is 0 Å². The quantitative estimate of drug-likeness (QED) is 0.590. The van der Waals surface area contributed by atoms with Crippen molar-refractivity contribution >= 4 is 23.2 Å². The van der Waals surface area contributed by atoms with Crippen molar-refractivity contribution in [1.82, 2.24) is 10.2 Å². The Hall–Kier alpha value is -3.26. The van der Waals surface area contributed by atoms with Crippen LogP contribution < -0.4 is 10.6 Å². The molecule has 2 amide bonds. The molecule has 1 fully saturated rings. The number of nitrogens with zero attached hydrogens (tertiary/aromatic N) is 2. The number of nitrogens with one attached hydrogen (secondary N) is 2. The number of rotatable bonds is 6. The number of para-hydroxylation sites is 2. The molecule has 2 aromatic rings. The number of anilines is 1. The zero-order chi connectivity index (χ0) is 19.9. The first kappa shape index (κ1) is 19.5. The van der Waals surface area contributed by atoms with Crippen LogP contribution in [-0.2, 0) is 4.79 Å². The molecular formula is C20H22N4O4. The average Bonchev–Trinajstić information content (AvgIpc) is 2.70. The van der Waals surface area contributed by atoms with Gasteiger partial charge in [0, 0.05) is 30.9 Å². The second-order valence-electron chi connectivity index (χ2n) is 6.71. The van der Waals surface area contributed by atoms with Crippen molar-refractivity contribution in [2.75, 3.05) is 25.0 Å². The average molecular weight is 382 g/mol. The molecule has 0 radical (unpaired) electrons. The van der Waals surface area contributed by atoms with E-state index in [0.717, 1.165) is 5.69 Å². The molecule has 28 heavy (non-hydrogen) atoms. The van der Waals surface area contributed by atoms with Crippen LogP contribution in [0.25, 0.3) is 0 Å². The maximum absolute atomic E-state index is 12.4. The van der Waals surface area contributed by atoms with E-state index >= 15 is 0 Å². The van der Waals surface area contributed by atoms with Gasteiger partial charge in [-0.15, -0.1) is 0 Å². The Morgan fingerprint density at radius 3 is 2.36 bits per heavy atom. The summed E-state index contributed by atoms with van der Waals surface area (Å²) in [6.07, 6.45) is 1.37. The lowest BCUT2D eigenvalue weighted by atomic mass is 10.0. The van der Waals surface area contributed by atoms with E-state index in [-0.39, 0.29) is 23.2 Å². The van der Waals surface area contributed by atoms with Crippen LogP contribution >= 0.6 is 0 Å². The van der Waals surface area contributed by atoms with Gasteiger partial charge in [-0.25, -0.2) is 0 Å². The number of benzene rings is 2. The second kappa shape index (κ2) is 9.09. The number of hydrogen-bond acceptors (Lipinski definition) is 5. The molecule has 1 heterocycles. The Bertz CT molecular complexity index is 848. The number of carbonyl (C=O) groups is 2. The minimum Gasteiger partial charge on any atom is -0.349 e. The van der Waals surface area contributed by atoms with E-state index in [0.29, 0.717) is 32.5 Å². The summed E-state index contributed by atoms with van der Waals surface area (Å²) in [4.78, 5) is 37.1. The summed E-state index contributed by atoms with van der Waals surface area (Å²) in [6, 6.07) is 15.1. The maximum Gasteiger partial charge on any atom is 0.282 e. The topological polar surface area (TPSA) is 105 Å². The van der Waals surface area contributed by atoms with Crippen LogP contribution in [0.4, 0.5) is 11.4 Å². The van der Waals surface area contributed by atoms with Crippen molar-refractivity contribution in [2.45, 2.75) is 18.9 Å². The molecule has 0 aliphatic carbocycles. The van der Waals surface area contributed by atoms with Crippen molar-refractivity contribution in [3.8, 4) is 0 Å². The summed E-state index contributed by atoms with van der Waals surface area (Å²) in [6.45, 7) is 1.63. The molecule has 8 nitrogen and oxygen atoms in total. The molecule has 1 aliphatic rings. The molecule has 0 unspecified atom stereocenters. The Morgan fingerprint density at radius 1 is 1.04 bits per heavy atom. The standard InChI is InChI=1S/C20H22N4O4/c25-19(21-15-6-2-1-3-7-15)14-23-12-10-16(11-13-23)22-20(26)17-8-4-5-9-18(17)24(27)28/h1-9,16H,10-14H2,(H,21,25)(H,22,26). The highest BCUT2D eigenvalue weighted by Crippen LogP contribution is 2.19. The largest absolute Gasteiger partial charge is 0.349 e. The third-order valence-electron chi connectivity index (χ3n) is 4.69. The van der Waals surface area contributed by atoms with Crippen molar-refractivity contribution in [3.05, 3.63) is 70.3 Å². The normalized spacial score (nSPS) is 15.0. The lowest BCUT2D eigenvalue weighted by Gasteiger charge is -2.31. The minimum absolute atomic E-state index is 0.0668. The zero-order valence-corrected chi connectivity index (χ0v) is 15.3. The Balaban J connectivity index is 1.47.